The van der Waals surface area contributed by atoms with E-state index in [1.807, 2.05) is 60.7 Å². The molecule has 0 bridgehead atoms. The zero-order valence-corrected chi connectivity index (χ0v) is 12.3. The van der Waals surface area contributed by atoms with E-state index in [-0.39, 0.29) is 11.5 Å². The number of aromatic nitrogens is 1. The maximum atomic E-state index is 12.6. The highest BCUT2D eigenvalue weighted by Gasteiger charge is 2.19. The maximum absolute atomic E-state index is 12.6. The first-order valence-electron chi connectivity index (χ1n) is 6.56. The largest absolute Gasteiger partial charge is 0.276 e. The molecule has 2 aromatic carbocycles. The van der Waals surface area contributed by atoms with Gasteiger partial charge in [-0.2, -0.15) is 3.96 Å². The molecule has 3 aromatic rings. The summed E-state index contributed by atoms with van der Waals surface area (Å²) < 4.78 is 1.21. The Bertz CT molecular complexity index is 832. The smallest absolute Gasteiger partial charge is 0.273 e. The molecule has 0 aliphatic heterocycles. The summed E-state index contributed by atoms with van der Waals surface area (Å²) in [6, 6.07) is 19.1. The Balaban J connectivity index is 2.32. The summed E-state index contributed by atoms with van der Waals surface area (Å²) in [6.07, 6.45) is 0. The average molecular weight is 295 g/mol. The van der Waals surface area contributed by atoms with Gasteiger partial charge in [-0.3, -0.25) is 9.59 Å². The highest BCUT2D eigenvalue weighted by atomic mass is 32.1. The lowest BCUT2D eigenvalue weighted by atomic mass is 10.0. The van der Waals surface area contributed by atoms with Crippen molar-refractivity contribution >= 4 is 17.4 Å². The molecular weight excluding hydrogens is 282 g/mol. The second kappa shape index (κ2) is 5.50. The van der Waals surface area contributed by atoms with E-state index in [9.17, 15) is 9.59 Å². The lowest BCUT2D eigenvalue weighted by Crippen LogP contribution is -2.19. The maximum Gasteiger partial charge on any atom is 0.276 e. The third-order valence-corrected chi connectivity index (χ3v) is 4.42. The quantitative estimate of drug-likeness (QED) is 0.719. The Morgan fingerprint density at radius 3 is 1.95 bits per heavy atom. The molecule has 0 fully saturated rings. The molecule has 0 amide bonds. The Morgan fingerprint density at radius 2 is 1.43 bits per heavy atom. The number of rotatable bonds is 2. The predicted octanol–water partition coefficient (Wildman–Crippen LogP) is 3.90. The first-order valence-corrected chi connectivity index (χ1v) is 7.34. The van der Waals surface area contributed by atoms with Gasteiger partial charge >= 0.3 is 0 Å². The highest BCUT2D eigenvalue weighted by molar-refractivity contribution is 7.11. The minimum atomic E-state index is -0.260. The average Bonchev–Trinajstić information content (AvgIpc) is 2.87. The van der Waals surface area contributed by atoms with Gasteiger partial charge in [0.1, 0.15) is 0 Å². The van der Waals surface area contributed by atoms with Crippen molar-refractivity contribution in [1.29, 1.82) is 0 Å². The van der Waals surface area contributed by atoms with Crippen LogP contribution in [0.5, 0.6) is 0 Å². The van der Waals surface area contributed by atoms with Crippen LogP contribution >= 0.6 is 11.5 Å². The van der Waals surface area contributed by atoms with E-state index in [1.165, 1.54) is 22.4 Å². The normalized spacial score (nSPS) is 10.5. The van der Waals surface area contributed by atoms with Gasteiger partial charge in [0.15, 0.2) is 0 Å². The molecule has 0 N–H and O–H groups in total. The van der Waals surface area contributed by atoms with Gasteiger partial charge in [-0.05, 0) is 22.7 Å². The summed E-state index contributed by atoms with van der Waals surface area (Å²) in [5.41, 5.74) is 2.11. The van der Waals surface area contributed by atoms with Crippen molar-refractivity contribution in [3.63, 3.8) is 0 Å². The van der Waals surface area contributed by atoms with Crippen molar-refractivity contribution in [2.75, 3.05) is 0 Å². The Kier molecular flexibility index (Phi) is 3.54. The van der Waals surface area contributed by atoms with E-state index in [2.05, 4.69) is 0 Å². The standard InChI is InChI=1S/C17H13NO2S/c1-12(19)18-17(20)15(13-8-4-2-5-9-13)16(21-18)14-10-6-3-7-11-14/h2-11H,1H3. The molecule has 0 aliphatic carbocycles. The summed E-state index contributed by atoms with van der Waals surface area (Å²) in [7, 11) is 0. The zero-order chi connectivity index (χ0) is 14.8. The number of hydrogen-bond donors (Lipinski definition) is 0. The number of benzene rings is 2. The van der Waals surface area contributed by atoms with Crippen molar-refractivity contribution in [3.8, 4) is 21.6 Å². The lowest BCUT2D eigenvalue weighted by molar-refractivity contribution is 0.0945. The number of hydrogen-bond acceptors (Lipinski definition) is 3. The van der Waals surface area contributed by atoms with Gasteiger partial charge in [0.25, 0.3) is 5.56 Å². The summed E-state index contributed by atoms with van der Waals surface area (Å²) in [5, 5.41) is 0. The van der Waals surface area contributed by atoms with Gasteiger partial charge in [0.2, 0.25) is 5.91 Å². The van der Waals surface area contributed by atoms with Gasteiger partial charge in [-0.1, -0.05) is 60.7 Å². The van der Waals surface area contributed by atoms with Crippen LogP contribution in [0.15, 0.2) is 65.5 Å². The molecule has 0 spiro atoms. The fraction of sp³-hybridized carbons (Fsp3) is 0.0588. The molecule has 4 heteroatoms. The van der Waals surface area contributed by atoms with Gasteiger partial charge in [0.05, 0.1) is 10.4 Å². The Hall–Kier alpha value is -2.46. The molecule has 0 radical (unpaired) electrons. The molecule has 21 heavy (non-hydrogen) atoms. The first kappa shape index (κ1) is 13.5. The molecule has 0 saturated heterocycles. The van der Waals surface area contributed by atoms with Crippen LogP contribution in [0.3, 0.4) is 0 Å². The van der Waals surface area contributed by atoms with Crippen LogP contribution in [0.25, 0.3) is 21.6 Å². The van der Waals surface area contributed by atoms with Crippen molar-refractivity contribution in [2.45, 2.75) is 6.92 Å². The van der Waals surface area contributed by atoms with Crippen LogP contribution in [-0.2, 0) is 0 Å². The van der Waals surface area contributed by atoms with Crippen LogP contribution in [0.1, 0.15) is 11.7 Å². The van der Waals surface area contributed by atoms with E-state index in [0.29, 0.717) is 5.56 Å². The van der Waals surface area contributed by atoms with Gasteiger partial charge in [0, 0.05) is 6.92 Å². The second-order valence-corrected chi connectivity index (χ2v) is 5.60. The van der Waals surface area contributed by atoms with Crippen LogP contribution in [0.4, 0.5) is 0 Å². The van der Waals surface area contributed by atoms with E-state index < -0.39 is 0 Å². The van der Waals surface area contributed by atoms with E-state index in [4.69, 9.17) is 0 Å². The summed E-state index contributed by atoms with van der Waals surface area (Å²) in [4.78, 5) is 25.0. The predicted molar refractivity (Wildman–Crippen MR) is 85.8 cm³/mol. The molecule has 0 unspecified atom stereocenters. The monoisotopic (exact) mass is 295 g/mol. The number of carbonyl (C=O) groups excluding carboxylic acids is 1. The Morgan fingerprint density at radius 1 is 0.905 bits per heavy atom. The zero-order valence-electron chi connectivity index (χ0n) is 11.4. The Labute approximate surface area is 126 Å². The highest BCUT2D eigenvalue weighted by Crippen LogP contribution is 2.33. The molecule has 0 aliphatic rings. The molecule has 1 aromatic heterocycles. The summed E-state index contributed by atoms with van der Waals surface area (Å²) in [6.45, 7) is 1.40. The number of carbonyl (C=O) groups is 1. The fourth-order valence-electron chi connectivity index (χ4n) is 2.23. The van der Waals surface area contributed by atoms with Crippen molar-refractivity contribution in [3.05, 3.63) is 71.0 Å². The first-order chi connectivity index (χ1) is 10.2. The van der Waals surface area contributed by atoms with E-state index in [1.54, 1.807) is 0 Å². The molecule has 104 valence electrons. The third kappa shape index (κ3) is 2.45. The summed E-state index contributed by atoms with van der Waals surface area (Å²) >= 11 is 1.20. The molecule has 0 saturated carbocycles. The van der Waals surface area contributed by atoms with E-state index in [0.717, 1.165) is 16.0 Å². The summed E-state index contributed by atoms with van der Waals surface area (Å²) in [5.74, 6) is -0.260. The van der Waals surface area contributed by atoms with Gasteiger partial charge < -0.3 is 0 Å². The molecule has 0 atom stereocenters. The van der Waals surface area contributed by atoms with E-state index >= 15 is 0 Å². The molecule has 1 heterocycles. The van der Waals surface area contributed by atoms with Crippen molar-refractivity contribution in [1.82, 2.24) is 3.96 Å². The molecule has 3 rings (SSSR count). The number of nitrogens with zero attached hydrogens (tertiary/aromatic N) is 1. The van der Waals surface area contributed by atoms with Crippen LogP contribution < -0.4 is 5.56 Å². The SMILES string of the molecule is CC(=O)n1sc(-c2ccccc2)c(-c2ccccc2)c1=O. The minimum absolute atomic E-state index is 0.252. The van der Waals surface area contributed by atoms with Crippen molar-refractivity contribution in [2.24, 2.45) is 0 Å². The fourth-order valence-corrected chi connectivity index (χ4v) is 3.25. The van der Waals surface area contributed by atoms with Gasteiger partial charge in [-0.25, -0.2) is 0 Å². The van der Waals surface area contributed by atoms with Crippen LogP contribution in [0, 0.1) is 0 Å². The van der Waals surface area contributed by atoms with Gasteiger partial charge in [-0.15, -0.1) is 0 Å². The topological polar surface area (TPSA) is 39.1 Å². The minimum Gasteiger partial charge on any atom is -0.273 e. The van der Waals surface area contributed by atoms with Crippen LogP contribution in [0.2, 0.25) is 0 Å². The lowest BCUT2D eigenvalue weighted by Gasteiger charge is -2.01. The molecule has 3 nitrogen and oxygen atoms in total. The van der Waals surface area contributed by atoms with Crippen LogP contribution in [-0.4, -0.2) is 9.86 Å². The molecular formula is C17H13NO2S. The van der Waals surface area contributed by atoms with Crippen molar-refractivity contribution < 1.29 is 4.79 Å². The third-order valence-electron chi connectivity index (χ3n) is 3.19. The second-order valence-electron chi connectivity index (χ2n) is 4.65.